The van der Waals surface area contributed by atoms with Crippen LogP contribution in [0.2, 0.25) is 0 Å². The molecule has 1 aromatic heterocycles. The van der Waals surface area contributed by atoms with Crippen molar-refractivity contribution >= 4 is 11.6 Å². The van der Waals surface area contributed by atoms with Gasteiger partial charge < -0.3 is 9.84 Å². The number of carbonyl (C=O) groups excluding carboxylic acids is 1. The first kappa shape index (κ1) is 19.1. The number of unbranched alkanes of at least 4 members (excludes halogenated alkanes) is 1. The first-order valence-electron chi connectivity index (χ1n) is 9.01. The molecular formula is C19H28N4O2. The number of rotatable bonds is 10. The predicted molar refractivity (Wildman–Crippen MR) is 98.3 cm³/mol. The molecule has 2 aromatic rings. The summed E-state index contributed by atoms with van der Waals surface area (Å²) in [7, 11) is 0. The minimum Gasteiger partial charge on any atom is -0.338 e. The molecule has 136 valence electrons. The SMILES string of the molecule is CCCCc1noc(CN(CCC)CC(=O)Nc2ccccc2C)n1. The van der Waals surface area contributed by atoms with Crippen molar-refractivity contribution in [2.75, 3.05) is 18.4 Å². The van der Waals surface area contributed by atoms with Crippen molar-refractivity contribution in [3.8, 4) is 0 Å². The largest absolute Gasteiger partial charge is 0.338 e. The lowest BCUT2D eigenvalue weighted by Crippen LogP contribution is -2.33. The highest BCUT2D eigenvalue weighted by Crippen LogP contribution is 2.13. The molecule has 0 aliphatic carbocycles. The van der Waals surface area contributed by atoms with E-state index in [-0.39, 0.29) is 5.91 Å². The molecule has 0 radical (unpaired) electrons. The highest BCUT2D eigenvalue weighted by molar-refractivity contribution is 5.92. The molecule has 0 aliphatic rings. The number of para-hydroxylation sites is 1. The second kappa shape index (κ2) is 9.93. The minimum atomic E-state index is -0.0338. The number of nitrogens with one attached hydrogen (secondary N) is 1. The van der Waals surface area contributed by atoms with E-state index < -0.39 is 0 Å². The van der Waals surface area contributed by atoms with Crippen LogP contribution in [0.25, 0.3) is 0 Å². The van der Waals surface area contributed by atoms with Gasteiger partial charge in [0.1, 0.15) is 0 Å². The fourth-order valence-electron chi connectivity index (χ4n) is 2.62. The fourth-order valence-corrected chi connectivity index (χ4v) is 2.62. The van der Waals surface area contributed by atoms with Gasteiger partial charge in [-0.1, -0.05) is 43.6 Å². The third-order valence-corrected chi connectivity index (χ3v) is 3.95. The van der Waals surface area contributed by atoms with Crippen LogP contribution in [0.1, 0.15) is 50.4 Å². The van der Waals surface area contributed by atoms with Crippen molar-refractivity contribution in [1.29, 1.82) is 0 Å². The van der Waals surface area contributed by atoms with Crippen molar-refractivity contribution in [3.63, 3.8) is 0 Å². The maximum absolute atomic E-state index is 12.4. The van der Waals surface area contributed by atoms with Gasteiger partial charge in [0.15, 0.2) is 5.82 Å². The Morgan fingerprint density at radius 3 is 2.76 bits per heavy atom. The monoisotopic (exact) mass is 344 g/mol. The van der Waals surface area contributed by atoms with Crippen molar-refractivity contribution in [2.24, 2.45) is 0 Å². The van der Waals surface area contributed by atoms with Crippen LogP contribution in [0, 0.1) is 6.92 Å². The Hall–Kier alpha value is -2.21. The molecule has 0 aliphatic heterocycles. The van der Waals surface area contributed by atoms with E-state index in [0.29, 0.717) is 19.0 Å². The van der Waals surface area contributed by atoms with Gasteiger partial charge in [-0.15, -0.1) is 0 Å². The quantitative estimate of drug-likeness (QED) is 0.713. The highest BCUT2D eigenvalue weighted by atomic mass is 16.5. The molecule has 0 saturated heterocycles. The average molecular weight is 344 g/mol. The predicted octanol–water partition coefficient (Wildman–Crippen LogP) is 3.57. The molecule has 0 fully saturated rings. The number of nitrogens with zero attached hydrogens (tertiary/aromatic N) is 3. The lowest BCUT2D eigenvalue weighted by molar-refractivity contribution is -0.117. The van der Waals surface area contributed by atoms with Crippen LogP contribution in [0.15, 0.2) is 28.8 Å². The van der Waals surface area contributed by atoms with Gasteiger partial charge >= 0.3 is 0 Å². The molecule has 25 heavy (non-hydrogen) atoms. The summed E-state index contributed by atoms with van der Waals surface area (Å²) in [5, 5.41) is 6.98. The van der Waals surface area contributed by atoms with Crippen LogP contribution < -0.4 is 5.32 Å². The first-order valence-corrected chi connectivity index (χ1v) is 9.01. The number of carbonyl (C=O) groups is 1. The lowest BCUT2D eigenvalue weighted by atomic mass is 10.2. The van der Waals surface area contributed by atoms with Gasteiger partial charge in [0, 0.05) is 12.1 Å². The summed E-state index contributed by atoms with van der Waals surface area (Å²) in [6, 6.07) is 7.77. The topological polar surface area (TPSA) is 71.3 Å². The van der Waals surface area contributed by atoms with Gasteiger partial charge in [-0.05, 0) is 37.9 Å². The zero-order valence-corrected chi connectivity index (χ0v) is 15.4. The molecule has 0 saturated carbocycles. The molecule has 0 unspecified atom stereocenters. The summed E-state index contributed by atoms with van der Waals surface area (Å²) >= 11 is 0. The van der Waals surface area contributed by atoms with Crippen LogP contribution in [0.5, 0.6) is 0 Å². The zero-order chi connectivity index (χ0) is 18.1. The second-order valence-electron chi connectivity index (χ2n) is 6.28. The number of amides is 1. The smallest absolute Gasteiger partial charge is 0.240 e. The van der Waals surface area contributed by atoms with E-state index in [2.05, 4.69) is 29.3 Å². The molecule has 0 spiro atoms. The number of aryl methyl sites for hydroxylation is 2. The number of benzene rings is 1. The summed E-state index contributed by atoms with van der Waals surface area (Å²) in [5.41, 5.74) is 1.90. The van der Waals surface area contributed by atoms with Crippen molar-refractivity contribution in [2.45, 2.75) is 53.0 Å². The van der Waals surface area contributed by atoms with Crippen molar-refractivity contribution < 1.29 is 9.32 Å². The molecule has 1 heterocycles. The molecule has 1 amide bonds. The Kier molecular flexibility index (Phi) is 7.60. The van der Waals surface area contributed by atoms with E-state index in [1.54, 1.807) is 0 Å². The van der Waals surface area contributed by atoms with Gasteiger partial charge in [-0.2, -0.15) is 4.98 Å². The standard InChI is InChI=1S/C19H28N4O2/c1-4-6-11-17-21-19(25-22-17)14-23(12-5-2)13-18(24)20-16-10-8-7-9-15(16)3/h7-10H,4-6,11-14H2,1-3H3,(H,20,24). The Morgan fingerprint density at radius 1 is 1.24 bits per heavy atom. The average Bonchev–Trinajstić information content (AvgIpc) is 3.02. The van der Waals surface area contributed by atoms with E-state index >= 15 is 0 Å². The molecular weight excluding hydrogens is 316 g/mol. The molecule has 0 atom stereocenters. The van der Waals surface area contributed by atoms with Crippen LogP contribution in [0.3, 0.4) is 0 Å². The fraction of sp³-hybridized carbons (Fsp3) is 0.526. The van der Waals surface area contributed by atoms with Crippen LogP contribution >= 0.6 is 0 Å². The Bertz CT molecular complexity index is 669. The van der Waals surface area contributed by atoms with Gasteiger partial charge in [0.25, 0.3) is 0 Å². The number of aromatic nitrogens is 2. The number of hydrogen-bond donors (Lipinski definition) is 1. The Balaban J connectivity index is 1.92. The number of hydrogen-bond acceptors (Lipinski definition) is 5. The summed E-state index contributed by atoms with van der Waals surface area (Å²) in [6.07, 6.45) is 3.94. The lowest BCUT2D eigenvalue weighted by Gasteiger charge is -2.19. The van der Waals surface area contributed by atoms with Crippen LogP contribution in [-0.4, -0.2) is 34.0 Å². The minimum absolute atomic E-state index is 0.0338. The van der Waals surface area contributed by atoms with Crippen molar-refractivity contribution in [1.82, 2.24) is 15.0 Å². The van der Waals surface area contributed by atoms with Crippen LogP contribution in [-0.2, 0) is 17.8 Å². The second-order valence-corrected chi connectivity index (χ2v) is 6.28. The summed E-state index contributed by atoms with van der Waals surface area (Å²) < 4.78 is 5.32. The molecule has 6 nitrogen and oxygen atoms in total. The number of anilines is 1. The van der Waals surface area contributed by atoms with Crippen LogP contribution in [0.4, 0.5) is 5.69 Å². The molecule has 2 rings (SSSR count). The maximum atomic E-state index is 12.4. The Labute approximate surface area is 149 Å². The highest BCUT2D eigenvalue weighted by Gasteiger charge is 2.15. The van der Waals surface area contributed by atoms with E-state index in [1.807, 2.05) is 36.1 Å². The van der Waals surface area contributed by atoms with E-state index in [0.717, 1.165) is 49.3 Å². The first-order chi connectivity index (χ1) is 12.1. The molecule has 1 N–H and O–H groups in total. The molecule has 6 heteroatoms. The van der Waals surface area contributed by atoms with E-state index in [1.165, 1.54) is 0 Å². The van der Waals surface area contributed by atoms with E-state index in [9.17, 15) is 4.79 Å². The van der Waals surface area contributed by atoms with E-state index in [4.69, 9.17) is 4.52 Å². The van der Waals surface area contributed by atoms with Gasteiger partial charge in [-0.3, -0.25) is 9.69 Å². The van der Waals surface area contributed by atoms with Gasteiger partial charge in [-0.25, -0.2) is 0 Å². The van der Waals surface area contributed by atoms with Gasteiger partial charge in [0.2, 0.25) is 11.8 Å². The zero-order valence-electron chi connectivity index (χ0n) is 15.4. The summed E-state index contributed by atoms with van der Waals surface area (Å²) in [6.45, 7) is 7.80. The summed E-state index contributed by atoms with van der Waals surface area (Å²) in [4.78, 5) is 18.8. The molecule has 0 bridgehead atoms. The normalized spacial score (nSPS) is 11.0. The molecule has 1 aromatic carbocycles. The maximum Gasteiger partial charge on any atom is 0.240 e. The van der Waals surface area contributed by atoms with Gasteiger partial charge in [0.05, 0.1) is 13.1 Å². The Morgan fingerprint density at radius 2 is 2.04 bits per heavy atom. The third kappa shape index (κ3) is 6.31. The summed E-state index contributed by atoms with van der Waals surface area (Å²) in [5.74, 6) is 1.29. The van der Waals surface area contributed by atoms with Crippen molar-refractivity contribution in [3.05, 3.63) is 41.5 Å². The third-order valence-electron chi connectivity index (χ3n) is 3.95.